The van der Waals surface area contributed by atoms with E-state index in [0.717, 1.165) is 31.6 Å². The number of unbranched alkanes of at least 4 members (excludes halogenated alkanes) is 2. The number of carbonyl (C=O) groups excluding carboxylic acids is 1. The summed E-state index contributed by atoms with van der Waals surface area (Å²) in [4.78, 5) is 13.3. The number of halogens is 1. The monoisotopic (exact) mass is 283 g/mol. The summed E-state index contributed by atoms with van der Waals surface area (Å²) in [6.45, 7) is 0.763. The van der Waals surface area contributed by atoms with Gasteiger partial charge in [-0.2, -0.15) is 0 Å². The molecule has 1 aromatic rings. The van der Waals surface area contributed by atoms with Crippen molar-refractivity contribution in [2.45, 2.75) is 30.1 Å². The van der Waals surface area contributed by atoms with Crippen molar-refractivity contribution in [1.82, 2.24) is 5.32 Å². The highest BCUT2D eigenvalue weighted by molar-refractivity contribution is 7.99. The zero-order valence-corrected chi connectivity index (χ0v) is 11.9. The molecule has 0 spiro atoms. The molecular weight excluding hydrogens is 266 g/mol. The molecule has 1 atom stereocenters. The second kappa shape index (κ2) is 7.05. The van der Waals surface area contributed by atoms with Crippen molar-refractivity contribution >= 4 is 29.3 Å². The molecule has 0 aromatic heterocycles. The van der Waals surface area contributed by atoms with Gasteiger partial charge in [-0.25, -0.2) is 0 Å². The molecule has 18 heavy (non-hydrogen) atoms. The van der Waals surface area contributed by atoms with Crippen molar-refractivity contribution in [3.63, 3.8) is 0 Å². The molecule has 1 aromatic carbocycles. The fourth-order valence-corrected chi connectivity index (χ4v) is 3.53. The highest BCUT2D eigenvalue weighted by Gasteiger charge is 2.28. The van der Waals surface area contributed by atoms with Crippen molar-refractivity contribution in [3.05, 3.63) is 29.8 Å². The second-order valence-corrected chi connectivity index (χ2v) is 5.88. The topological polar surface area (TPSA) is 29.1 Å². The Morgan fingerprint density at radius 2 is 2.17 bits per heavy atom. The molecule has 1 N–H and O–H groups in total. The number of alkyl halides is 1. The van der Waals surface area contributed by atoms with E-state index in [1.54, 1.807) is 11.8 Å². The lowest BCUT2D eigenvalue weighted by molar-refractivity contribution is -0.122. The van der Waals surface area contributed by atoms with Gasteiger partial charge in [-0.05, 0) is 24.5 Å². The van der Waals surface area contributed by atoms with Crippen molar-refractivity contribution in [2.24, 2.45) is 0 Å². The molecule has 1 amide bonds. The summed E-state index contributed by atoms with van der Waals surface area (Å²) in [5.41, 5.74) is 1.18. The van der Waals surface area contributed by atoms with E-state index in [4.69, 9.17) is 11.6 Å². The number of hydrogen-bond donors (Lipinski definition) is 1. The minimum Gasteiger partial charge on any atom is -0.356 e. The predicted octanol–water partition coefficient (Wildman–Crippen LogP) is 3.40. The number of carbonyl (C=O) groups is 1. The zero-order valence-electron chi connectivity index (χ0n) is 10.3. The first kappa shape index (κ1) is 13.8. The van der Waals surface area contributed by atoms with Gasteiger partial charge in [-0.15, -0.1) is 23.4 Å². The van der Waals surface area contributed by atoms with Crippen molar-refractivity contribution in [1.29, 1.82) is 0 Å². The number of thioether (sulfide) groups is 1. The van der Waals surface area contributed by atoms with Gasteiger partial charge in [-0.1, -0.05) is 24.6 Å². The molecule has 0 saturated heterocycles. The van der Waals surface area contributed by atoms with E-state index < -0.39 is 0 Å². The van der Waals surface area contributed by atoms with Gasteiger partial charge in [-0.3, -0.25) is 4.79 Å². The molecule has 2 nitrogen and oxygen atoms in total. The lowest BCUT2D eigenvalue weighted by atomic mass is 10.0. The van der Waals surface area contributed by atoms with Crippen molar-refractivity contribution < 1.29 is 4.79 Å². The largest absolute Gasteiger partial charge is 0.356 e. The van der Waals surface area contributed by atoms with Gasteiger partial charge in [0.15, 0.2) is 0 Å². The molecule has 1 unspecified atom stereocenters. The normalized spacial score (nSPS) is 17.5. The standard InChI is InChI=1S/C14H18ClNOS/c15-8-4-1-5-9-16-14(17)12-10-18-13-7-3-2-6-11(12)13/h2-3,6-7,12H,1,4-5,8-10H2,(H,16,17). The number of benzene rings is 1. The van der Waals surface area contributed by atoms with Gasteiger partial charge in [0.2, 0.25) is 5.91 Å². The summed E-state index contributed by atoms with van der Waals surface area (Å²) >= 11 is 7.39. The molecule has 0 saturated carbocycles. The van der Waals surface area contributed by atoms with Crippen LogP contribution < -0.4 is 5.32 Å². The van der Waals surface area contributed by atoms with Crippen LogP contribution in [0.25, 0.3) is 0 Å². The maximum absolute atomic E-state index is 12.1. The fraction of sp³-hybridized carbons (Fsp3) is 0.500. The molecule has 1 heterocycles. The molecule has 0 radical (unpaired) electrons. The van der Waals surface area contributed by atoms with Crippen LogP contribution in [0, 0.1) is 0 Å². The third-order valence-corrected chi connectivity index (χ3v) is 4.58. The van der Waals surface area contributed by atoms with Crippen LogP contribution in [0.5, 0.6) is 0 Å². The first-order valence-corrected chi connectivity index (χ1v) is 7.90. The third-order valence-electron chi connectivity index (χ3n) is 3.13. The first-order valence-electron chi connectivity index (χ1n) is 6.38. The number of fused-ring (bicyclic) bond motifs is 1. The lowest BCUT2D eigenvalue weighted by Gasteiger charge is -2.11. The minimum absolute atomic E-state index is 0.0271. The fourth-order valence-electron chi connectivity index (χ4n) is 2.11. The molecule has 0 bridgehead atoms. The summed E-state index contributed by atoms with van der Waals surface area (Å²) in [5, 5.41) is 3.03. The van der Waals surface area contributed by atoms with E-state index in [0.29, 0.717) is 5.88 Å². The SMILES string of the molecule is O=C(NCCCCCCl)C1CSc2ccccc21. The van der Waals surface area contributed by atoms with E-state index in [-0.39, 0.29) is 11.8 Å². The van der Waals surface area contributed by atoms with E-state index in [1.165, 1.54) is 10.5 Å². The molecule has 1 aliphatic rings. The summed E-state index contributed by atoms with van der Waals surface area (Å²) < 4.78 is 0. The summed E-state index contributed by atoms with van der Waals surface area (Å²) in [5.74, 6) is 1.77. The summed E-state index contributed by atoms with van der Waals surface area (Å²) in [6.07, 6.45) is 3.12. The Morgan fingerprint density at radius 1 is 1.33 bits per heavy atom. The van der Waals surface area contributed by atoms with E-state index in [1.807, 2.05) is 12.1 Å². The maximum Gasteiger partial charge on any atom is 0.228 e. The van der Waals surface area contributed by atoms with Crippen molar-refractivity contribution in [2.75, 3.05) is 18.2 Å². The molecule has 0 aliphatic carbocycles. The third kappa shape index (κ3) is 3.42. The van der Waals surface area contributed by atoms with Crippen LogP contribution in [0.4, 0.5) is 0 Å². The Labute approximate surface area is 117 Å². The van der Waals surface area contributed by atoms with Crippen LogP contribution in [-0.2, 0) is 4.79 Å². The average molecular weight is 284 g/mol. The maximum atomic E-state index is 12.1. The Hall–Kier alpha value is -0.670. The van der Waals surface area contributed by atoms with E-state index in [2.05, 4.69) is 17.4 Å². The summed E-state index contributed by atoms with van der Waals surface area (Å²) in [7, 11) is 0. The van der Waals surface area contributed by atoms with Crippen LogP contribution >= 0.6 is 23.4 Å². The minimum atomic E-state index is 0.0271. The Bertz CT molecular complexity index is 411. The Kier molecular flexibility index (Phi) is 5.39. The number of amides is 1. The lowest BCUT2D eigenvalue weighted by Crippen LogP contribution is -2.30. The highest BCUT2D eigenvalue weighted by Crippen LogP contribution is 2.39. The van der Waals surface area contributed by atoms with Crippen LogP contribution in [0.2, 0.25) is 0 Å². The van der Waals surface area contributed by atoms with Gasteiger partial charge in [0.05, 0.1) is 5.92 Å². The smallest absolute Gasteiger partial charge is 0.228 e. The molecule has 1 aliphatic heterocycles. The van der Waals surface area contributed by atoms with Gasteiger partial charge in [0.1, 0.15) is 0 Å². The predicted molar refractivity (Wildman–Crippen MR) is 77.5 cm³/mol. The van der Waals surface area contributed by atoms with Crippen LogP contribution in [-0.4, -0.2) is 24.1 Å². The van der Waals surface area contributed by atoms with Gasteiger partial charge >= 0.3 is 0 Å². The van der Waals surface area contributed by atoms with Gasteiger partial charge < -0.3 is 5.32 Å². The summed E-state index contributed by atoms with van der Waals surface area (Å²) in [6, 6.07) is 8.19. The van der Waals surface area contributed by atoms with Crippen LogP contribution in [0.15, 0.2) is 29.2 Å². The van der Waals surface area contributed by atoms with Gasteiger partial charge in [0.25, 0.3) is 0 Å². The van der Waals surface area contributed by atoms with Crippen LogP contribution in [0.3, 0.4) is 0 Å². The van der Waals surface area contributed by atoms with E-state index in [9.17, 15) is 4.79 Å². The first-order chi connectivity index (χ1) is 8.83. The molecular formula is C14H18ClNOS. The van der Waals surface area contributed by atoms with Crippen molar-refractivity contribution in [3.8, 4) is 0 Å². The van der Waals surface area contributed by atoms with Gasteiger partial charge in [0, 0.05) is 23.1 Å². The quantitative estimate of drug-likeness (QED) is 0.640. The zero-order chi connectivity index (χ0) is 12.8. The number of hydrogen-bond acceptors (Lipinski definition) is 2. The molecule has 2 rings (SSSR count). The molecule has 98 valence electrons. The van der Waals surface area contributed by atoms with E-state index >= 15 is 0 Å². The number of rotatable bonds is 6. The average Bonchev–Trinajstić information content (AvgIpc) is 2.82. The molecule has 4 heteroatoms. The molecule has 0 fully saturated rings. The number of nitrogens with one attached hydrogen (secondary N) is 1. The highest BCUT2D eigenvalue weighted by atomic mass is 35.5. The van der Waals surface area contributed by atoms with Crippen LogP contribution in [0.1, 0.15) is 30.7 Å². The Balaban J connectivity index is 1.80. The Morgan fingerprint density at radius 3 is 3.00 bits per heavy atom. The second-order valence-electron chi connectivity index (χ2n) is 4.44.